The number of hydrogen-bond donors (Lipinski definition) is 1. The van der Waals surface area contributed by atoms with Gasteiger partial charge in [-0.25, -0.2) is 13.3 Å². The van der Waals surface area contributed by atoms with Crippen LogP contribution in [-0.2, 0) is 11.4 Å². The summed E-state index contributed by atoms with van der Waals surface area (Å²) in [5, 5.41) is 13.7. The van der Waals surface area contributed by atoms with E-state index in [1.807, 2.05) is 20.8 Å². The number of Topliss-reactive ketones (excluding diaryl/α,β-unsaturated/α-hetero) is 1. The van der Waals surface area contributed by atoms with E-state index in [2.05, 4.69) is 5.10 Å². The lowest BCUT2D eigenvalue weighted by Crippen LogP contribution is -2.15. The van der Waals surface area contributed by atoms with Crippen LogP contribution in [0, 0.1) is 37.3 Å². The van der Waals surface area contributed by atoms with E-state index in [9.17, 15) is 23.5 Å². The zero-order valence-corrected chi connectivity index (χ0v) is 19.2. The molecule has 176 valence electrons. The normalized spacial score (nSPS) is 12.3. The number of hydrogen-bond acceptors (Lipinski definition) is 4. The minimum atomic E-state index is -0.933. The van der Waals surface area contributed by atoms with Gasteiger partial charge in [0.15, 0.2) is 5.78 Å². The number of halogens is 2. The Morgan fingerprint density at radius 1 is 1.12 bits per heavy atom. The lowest BCUT2D eigenvalue weighted by Gasteiger charge is -2.16. The molecule has 0 spiro atoms. The van der Waals surface area contributed by atoms with E-state index in [0.717, 1.165) is 17.7 Å². The number of rotatable bonds is 10. The van der Waals surface area contributed by atoms with Crippen molar-refractivity contribution >= 4 is 17.3 Å². The second-order valence-electron chi connectivity index (χ2n) is 8.84. The number of aryl methyl sites for hydroxylation is 2. The Kier molecular flexibility index (Phi) is 7.46. The molecule has 1 atom stereocenters. The van der Waals surface area contributed by atoms with Gasteiger partial charge in [0.2, 0.25) is 5.88 Å². The molecule has 1 aromatic carbocycles. The van der Waals surface area contributed by atoms with Crippen LogP contribution in [0.2, 0.25) is 0 Å². The molecule has 0 amide bonds. The van der Waals surface area contributed by atoms with Gasteiger partial charge >= 0.3 is 5.97 Å². The van der Waals surface area contributed by atoms with E-state index in [1.54, 1.807) is 19.1 Å². The summed E-state index contributed by atoms with van der Waals surface area (Å²) in [5.74, 6) is -2.31. The maximum atomic E-state index is 14.0. The highest BCUT2D eigenvalue weighted by Crippen LogP contribution is 2.28. The summed E-state index contributed by atoms with van der Waals surface area (Å²) < 4.78 is 35.1. The van der Waals surface area contributed by atoms with Gasteiger partial charge in [-0.05, 0) is 55.9 Å². The summed E-state index contributed by atoms with van der Waals surface area (Å²) in [6.07, 6.45) is 0.638. The fraction of sp³-hybridized carbons (Fsp3) is 0.400. The molecular formula is C25H28F2N2O4. The first-order valence-corrected chi connectivity index (χ1v) is 10.9. The fourth-order valence-corrected chi connectivity index (χ4v) is 4.14. The van der Waals surface area contributed by atoms with Crippen LogP contribution in [0.25, 0.3) is 5.52 Å². The molecule has 1 N–H and O–H groups in total. The maximum Gasteiger partial charge on any atom is 0.303 e. The Bertz CT molecular complexity index is 1170. The van der Waals surface area contributed by atoms with E-state index in [-0.39, 0.29) is 48.5 Å². The van der Waals surface area contributed by atoms with Crippen LogP contribution in [0.1, 0.15) is 60.3 Å². The molecule has 0 aliphatic heterocycles. The van der Waals surface area contributed by atoms with Crippen molar-refractivity contribution in [2.75, 3.05) is 0 Å². The van der Waals surface area contributed by atoms with Crippen LogP contribution in [-0.4, -0.2) is 26.5 Å². The molecule has 0 fully saturated rings. The molecule has 3 aromatic rings. The average molecular weight is 459 g/mol. The minimum absolute atomic E-state index is 0.0796. The average Bonchev–Trinajstić information content (AvgIpc) is 3.02. The number of carbonyl (C=O) groups is 2. The number of carbonyl (C=O) groups excluding carboxylic acids is 1. The molecule has 0 aliphatic rings. The molecule has 33 heavy (non-hydrogen) atoms. The zero-order chi connectivity index (χ0) is 24.3. The topological polar surface area (TPSA) is 80.9 Å². The van der Waals surface area contributed by atoms with Crippen molar-refractivity contribution in [1.29, 1.82) is 0 Å². The lowest BCUT2D eigenvalue weighted by atomic mass is 9.88. The lowest BCUT2D eigenvalue weighted by molar-refractivity contribution is -0.138. The highest BCUT2D eigenvalue weighted by Gasteiger charge is 2.25. The van der Waals surface area contributed by atoms with Gasteiger partial charge in [-0.1, -0.05) is 19.9 Å². The SMILES string of the molecule is Cc1cc(OCc2c(F)cccc2F)n2nc(C)c(C(=O)C[C@@H](CC(=O)O)CC(C)C)c2c1. The number of ketones is 1. The predicted octanol–water partition coefficient (Wildman–Crippen LogP) is 5.52. The molecule has 0 aliphatic carbocycles. The molecule has 0 saturated carbocycles. The van der Waals surface area contributed by atoms with Crippen molar-refractivity contribution in [2.24, 2.45) is 11.8 Å². The Balaban J connectivity index is 1.93. The third-order valence-electron chi connectivity index (χ3n) is 5.47. The first-order chi connectivity index (χ1) is 15.6. The van der Waals surface area contributed by atoms with Gasteiger partial charge in [-0.2, -0.15) is 5.10 Å². The Hall–Kier alpha value is -3.29. The Labute approximate surface area is 191 Å². The quantitative estimate of drug-likeness (QED) is 0.405. The van der Waals surface area contributed by atoms with Crippen LogP contribution in [0.15, 0.2) is 30.3 Å². The van der Waals surface area contributed by atoms with Crippen LogP contribution >= 0.6 is 0 Å². The van der Waals surface area contributed by atoms with Crippen LogP contribution in [0.5, 0.6) is 5.88 Å². The van der Waals surface area contributed by atoms with Gasteiger partial charge in [0.1, 0.15) is 18.2 Å². The third-order valence-corrected chi connectivity index (χ3v) is 5.47. The number of fused-ring (bicyclic) bond motifs is 1. The van der Waals surface area contributed by atoms with E-state index in [4.69, 9.17) is 4.74 Å². The summed E-state index contributed by atoms with van der Waals surface area (Å²) in [6, 6.07) is 7.07. The molecule has 0 unspecified atom stereocenters. The number of ether oxygens (including phenoxy) is 1. The highest BCUT2D eigenvalue weighted by molar-refractivity contribution is 6.03. The molecule has 2 aromatic heterocycles. The number of carboxylic acid groups (broad SMARTS) is 1. The van der Waals surface area contributed by atoms with Crippen molar-refractivity contribution in [3.05, 3.63) is 64.4 Å². The summed E-state index contributed by atoms with van der Waals surface area (Å²) >= 11 is 0. The Morgan fingerprint density at radius 2 is 1.79 bits per heavy atom. The summed E-state index contributed by atoms with van der Waals surface area (Å²) in [7, 11) is 0. The standard InChI is InChI=1S/C25H28F2N2O4/c1-14(2)8-17(12-24(31)32)11-22(30)25-16(4)28-29-21(25)9-15(3)10-23(29)33-13-18-19(26)6-5-7-20(18)27/h5-7,9-10,14,17H,8,11-13H2,1-4H3,(H,31,32)/t17-/m0/s1. The molecule has 3 rings (SSSR count). The van der Waals surface area contributed by atoms with Gasteiger partial charge in [0.25, 0.3) is 0 Å². The van der Waals surface area contributed by atoms with Crippen LogP contribution < -0.4 is 4.74 Å². The molecule has 0 saturated heterocycles. The molecular weight excluding hydrogens is 430 g/mol. The number of nitrogens with zero attached hydrogens (tertiary/aromatic N) is 2. The van der Waals surface area contributed by atoms with Gasteiger partial charge < -0.3 is 9.84 Å². The van der Waals surface area contributed by atoms with E-state index < -0.39 is 17.6 Å². The smallest absolute Gasteiger partial charge is 0.303 e. The summed E-state index contributed by atoms with van der Waals surface area (Å²) in [6.45, 7) is 7.16. The largest absolute Gasteiger partial charge is 0.481 e. The molecule has 2 heterocycles. The number of carboxylic acids is 1. The maximum absolute atomic E-state index is 14.0. The van der Waals surface area contributed by atoms with E-state index in [1.165, 1.54) is 10.6 Å². The van der Waals surface area contributed by atoms with Gasteiger partial charge in [-0.3, -0.25) is 9.59 Å². The minimum Gasteiger partial charge on any atom is -0.481 e. The van der Waals surface area contributed by atoms with Crippen LogP contribution in [0.3, 0.4) is 0 Å². The third kappa shape index (κ3) is 5.74. The van der Waals surface area contributed by atoms with E-state index in [0.29, 0.717) is 23.2 Å². The van der Waals surface area contributed by atoms with Crippen molar-refractivity contribution in [1.82, 2.24) is 9.61 Å². The number of benzene rings is 1. The van der Waals surface area contributed by atoms with E-state index >= 15 is 0 Å². The molecule has 6 nitrogen and oxygen atoms in total. The number of pyridine rings is 1. The second-order valence-corrected chi connectivity index (χ2v) is 8.84. The van der Waals surface area contributed by atoms with Crippen molar-refractivity contribution in [2.45, 2.75) is 53.6 Å². The van der Waals surface area contributed by atoms with Crippen molar-refractivity contribution in [3.63, 3.8) is 0 Å². The Morgan fingerprint density at radius 3 is 2.39 bits per heavy atom. The summed E-state index contributed by atoms with van der Waals surface area (Å²) in [5.41, 5.74) is 1.98. The van der Waals surface area contributed by atoms with Gasteiger partial charge in [-0.15, -0.1) is 0 Å². The second kappa shape index (κ2) is 10.1. The summed E-state index contributed by atoms with van der Waals surface area (Å²) in [4.78, 5) is 24.5. The molecule has 8 heteroatoms. The van der Waals surface area contributed by atoms with Crippen LogP contribution in [0.4, 0.5) is 8.78 Å². The first kappa shape index (κ1) is 24.4. The monoisotopic (exact) mass is 458 g/mol. The van der Waals surface area contributed by atoms with Crippen molar-refractivity contribution < 1.29 is 28.2 Å². The highest BCUT2D eigenvalue weighted by atomic mass is 19.1. The zero-order valence-electron chi connectivity index (χ0n) is 19.2. The van der Waals surface area contributed by atoms with Gasteiger partial charge in [0.05, 0.1) is 22.3 Å². The van der Waals surface area contributed by atoms with Gasteiger partial charge in [0, 0.05) is 18.9 Å². The first-order valence-electron chi connectivity index (χ1n) is 10.9. The molecule has 0 bridgehead atoms. The van der Waals surface area contributed by atoms with Crippen molar-refractivity contribution in [3.8, 4) is 5.88 Å². The molecule has 0 radical (unpaired) electrons. The fourth-order valence-electron chi connectivity index (χ4n) is 4.14. The number of aromatic nitrogens is 2. The predicted molar refractivity (Wildman–Crippen MR) is 120 cm³/mol. The number of aliphatic carboxylic acids is 1.